The first-order valence-corrected chi connectivity index (χ1v) is 5.46. The van der Waals surface area contributed by atoms with Gasteiger partial charge in [0.25, 0.3) is 0 Å². The summed E-state index contributed by atoms with van der Waals surface area (Å²) >= 11 is 0. The van der Waals surface area contributed by atoms with Crippen molar-refractivity contribution in [1.82, 2.24) is 0 Å². The fourth-order valence-corrected chi connectivity index (χ4v) is 0.901. The van der Waals surface area contributed by atoms with E-state index in [1.165, 1.54) is 0 Å². The van der Waals surface area contributed by atoms with Crippen LogP contribution in [0.15, 0.2) is 0 Å². The molecule has 0 aliphatic carbocycles. The first kappa shape index (κ1) is 14.4. The standard InChI is InChI=1S/C12H25NO2/c1-11(2,3)7-8-15-10(14)9(13)12(4,5)6/h9H,7-8,13H2,1-6H3. The van der Waals surface area contributed by atoms with Gasteiger partial charge in [0.05, 0.1) is 6.61 Å². The summed E-state index contributed by atoms with van der Waals surface area (Å²) in [6.07, 6.45) is 0.857. The molecule has 0 rings (SSSR count). The molecule has 0 aliphatic rings. The lowest BCUT2D eigenvalue weighted by Crippen LogP contribution is -2.43. The minimum Gasteiger partial charge on any atom is -0.464 e. The number of nitrogens with two attached hydrogens (primary N) is 1. The van der Waals surface area contributed by atoms with E-state index in [4.69, 9.17) is 10.5 Å². The molecule has 0 aromatic heterocycles. The van der Waals surface area contributed by atoms with Crippen LogP contribution in [0.1, 0.15) is 48.0 Å². The molecule has 0 amide bonds. The van der Waals surface area contributed by atoms with Crippen LogP contribution in [0.4, 0.5) is 0 Å². The molecule has 2 N–H and O–H groups in total. The zero-order chi connectivity index (χ0) is 12.3. The third kappa shape index (κ3) is 6.50. The van der Waals surface area contributed by atoms with Gasteiger partial charge in [0, 0.05) is 0 Å². The summed E-state index contributed by atoms with van der Waals surface area (Å²) in [5, 5.41) is 0. The lowest BCUT2D eigenvalue weighted by molar-refractivity contribution is -0.148. The first-order chi connectivity index (χ1) is 6.54. The Hall–Kier alpha value is -0.570. The molecule has 0 bridgehead atoms. The van der Waals surface area contributed by atoms with E-state index in [9.17, 15) is 4.79 Å². The van der Waals surface area contributed by atoms with Crippen LogP contribution in [-0.2, 0) is 9.53 Å². The van der Waals surface area contributed by atoms with Gasteiger partial charge >= 0.3 is 5.97 Å². The molecule has 3 nitrogen and oxygen atoms in total. The SMILES string of the molecule is CC(C)(C)CCOC(=O)C(N)C(C)(C)C. The Morgan fingerprint density at radius 1 is 1.20 bits per heavy atom. The van der Waals surface area contributed by atoms with Gasteiger partial charge < -0.3 is 10.5 Å². The van der Waals surface area contributed by atoms with Crippen LogP contribution >= 0.6 is 0 Å². The minimum atomic E-state index is -0.544. The zero-order valence-electron chi connectivity index (χ0n) is 10.9. The number of ether oxygens (including phenoxy) is 1. The molecule has 0 aliphatic heterocycles. The van der Waals surface area contributed by atoms with Crippen molar-refractivity contribution >= 4 is 5.97 Å². The van der Waals surface area contributed by atoms with E-state index >= 15 is 0 Å². The number of hydrogen-bond donors (Lipinski definition) is 1. The van der Waals surface area contributed by atoms with Crippen molar-refractivity contribution in [3.8, 4) is 0 Å². The summed E-state index contributed by atoms with van der Waals surface area (Å²) in [5.74, 6) is -0.299. The van der Waals surface area contributed by atoms with Gasteiger partial charge in [0.1, 0.15) is 6.04 Å². The highest BCUT2D eigenvalue weighted by Crippen LogP contribution is 2.20. The highest BCUT2D eigenvalue weighted by molar-refractivity contribution is 5.76. The molecule has 0 spiro atoms. The van der Waals surface area contributed by atoms with Crippen LogP contribution in [0, 0.1) is 10.8 Å². The van der Waals surface area contributed by atoms with Crippen LogP contribution in [0.2, 0.25) is 0 Å². The molecule has 90 valence electrons. The van der Waals surface area contributed by atoms with Gasteiger partial charge in [-0.3, -0.25) is 4.79 Å². The van der Waals surface area contributed by atoms with Crippen molar-refractivity contribution in [3.05, 3.63) is 0 Å². The molecule has 0 saturated carbocycles. The Balaban J connectivity index is 3.96. The molecule has 3 heteroatoms. The van der Waals surface area contributed by atoms with Gasteiger partial charge in [-0.05, 0) is 17.3 Å². The van der Waals surface area contributed by atoms with E-state index in [-0.39, 0.29) is 16.8 Å². The van der Waals surface area contributed by atoms with Crippen molar-refractivity contribution in [2.24, 2.45) is 16.6 Å². The monoisotopic (exact) mass is 215 g/mol. The van der Waals surface area contributed by atoms with E-state index in [0.717, 1.165) is 6.42 Å². The van der Waals surface area contributed by atoms with Gasteiger partial charge in [-0.1, -0.05) is 41.5 Å². The Morgan fingerprint density at radius 2 is 1.67 bits per heavy atom. The normalized spacial score (nSPS) is 14.9. The summed E-state index contributed by atoms with van der Waals surface area (Å²) in [6.45, 7) is 12.6. The van der Waals surface area contributed by atoms with E-state index in [1.54, 1.807) is 0 Å². The molecule has 1 unspecified atom stereocenters. The second-order valence-corrected chi connectivity index (χ2v) is 6.32. The maximum Gasteiger partial charge on any atom is 0.323 e. The molecular formula is C12H25NO2. The second-order valence-electron chi connectivity index (χ2n) is 6.32. The molecule has 0 aromatic carbocycles. The highest BCUT2D eigenvalue weighted by atomic mass is 16.5. The van der Waals surface area contributed by atoms with Gasteiger partial charge in [-0.15, -0.1) is 0 Å². The number of rotatable bonds is 3. The number of esters is 1. The zero-order valence-corrected chi connectivity index (χ0v) is 10.9. The van der Waals surface area contributed by atoms with Crippen molar-refractivity contribution in [3.63, 3.8) is 0 Å². The fourth-order valence-electron chi connectivity index (χ4n) is 0.901. The van der Waals surface area contributed by atoms with Crippen molar-refractivity contribution in [2.45, 2.75) is 54.0 Å². The summed E-state index contributed by atoms with van der Waals surface area (Å²) in [4.78, 5) is 11.5. The molecule has 1 atom stereocenters. The molecule has 0 radical (unpaired) electrons. The lowest BCUT2D eigenvalue weighted by atomic mass is 9.87. The van der Waals surface area contributed by atoms with E-state index in [1.807, 2.05) is 20.8 Å². The van der Waals surface area contributed by atoms with E-state index < -0.39 is 6.04 Å². The molecule has 0 aromatic rings. The topological polar surface area (TPSA) is 52.3 Å². The van der Waals surface area contributed by atoms with E-state index in [0.29, 0.717) is 6.61 Å². The van der Waals surface area contributed by atoms with Crippen LogP contribution in [0.3, 0.4) is 0 Å². The third-order valence-electron chi connectivity index (χ3n) is 2.28. The maximum atomic E-state index is 11.5. The molecule has 0 saturated heterocycles. The molecule has 15 heavy (non-hydrogen) atoms. The van der Waals surface area contributed by atoms with E-state index in [2.05, 4.69) is 20.8 Å². The van der Waals surface area contributed by atoms with Crippen LogP contribution in [0.5, 0.6) is 0 Å². The number of hydrogen-bond acceptors (Lipinski definition) is 3. The van der Waals surface area contributed by atoms with Crippen LogP contribution in [-0.4, -0.2) is 18.6 Å². The Labute approximate surface area is 93.4 Å². The predicted molar refractivity (Wildman–Crippen MR) is 62.5 cm³/mol. The fraction of sp³-hybridized carbons (Fsp3) is 0.917. The average molecular weight is 215 g/mol. The third-order valence-corrected chi connectivity index (χ3v) is 2.28. The Bertz CT molecular complexity index is 211. The highest BCUT2D eigenvalue weighted by Gasteiger charge is 2.28. The van der Waals surface area contributed by atoms with Gasteiger partial charge in [0.2, 0.25) is 0 Å². The van der Waals surface area contributed by atoms with Crippen molar-refractivity contribution < 1.29 is 9.53 Å². The number of carbonyl (C=O) groups is 1. The Morgan fingerprint density at radius 3 is 2.00 bits per heavy atom. The lowest BCUT2D eigenvalue weighted by Gasteiger charge is -2.25. The maximum absolute atomic E-state index is 11.5. The number of carbonyl (C=O) groups excluding carboxylic acids is 1. The quantitative estimate of drug-likeness (QED) is 0.735. The molecule has 0 heterocycles. The van der Waals surface area contributed by atoms with Gasteiger partial charge in [-0.2, -0.15) is 0 Å². The first-order valence-electron chi connectivity index (χ1n) is 5.46. The Kier molecular flexibility index (Phi) is 4.78. The largest absolute Gasteiger partial charge is 0.464 e. The minimum absolute atomic E-state index is 0.187. The molecule has 0 fully saturated rings. The summed E-state index contributed by atoms with van der Waals surface area (Å²) in [7, 11) is 0. The smallest absolute Gasteiger partial charge is 0.323 e. The van der Waals surface area contributed by atoms with Crippen LogP contribution < -0.4 is 5.73 Å². The van der Waals surface area contributed by atoms with Gasteiger partial charge in [0.15, 0.2) is 0 Å². The second kappa shape index (κ2) is 4.97. The average Bonchev–Trinajstić information content (AvgIpc) is 1.98. The van der Waals surface area contributed by atoms with Crippen LogP contribution in [0.25, 0.3) is 0 Å². The molecular weight excluding hydrogens is 190 g/mol. The predicted octanol–water partition coefficient (Wildman–Crippen LogP) is 2.34. The van der Waals surface area contributed by atoms with Crippen molar-refractivity contribution in [1.29, 1.82) is 0 Å². The summed E-state index contributed by atoms with van der Waals surface area (Å²) < 4.78 is 5.14. The summed E-state index contributed by atoms with van der Waals surface area (Å²) in [5.41, 5.74) is 5.72. The summed E-state index contributed by atoms with van der Waals surface area (Å²) in [6, 6.07) is -0.544. The van der Waals surface area contributed by atoms with Crippen molar-refractivity contribution in [2.75, 3.05) is 6.61 Å². The van der Waals surface area contributed by atoms with Gasteiger partial charge in [-0.25, -0.2) is 0 Å².